The van der Waals surface area contributed by atoms with E-state index in [1.54, 1.807) is 0 Å². The first-order valence-electron chi connectivity index (χ1n) is 9.66. The van der Waals surface area contributed by atoms with E-state index in [9.17, 15) is 9.18 Å². The van der Waals surface area contributed by atoms with Crippen LogP contribution in [0.5, 0.6) is 0 Å². The highest BCUT2D eigenvalue weighted by atomic mass is 28.2. The maximum absolute atomic E-state index is 12.0. The van der Waals surface area contributed by atoms with Crippen molar-refractivity contribution in [1.29, 1.82) is 0 Å². The molecule has 0 bridgehead atoms. The average molecular weight is 345 g/mol. The van der Waals surface area contributed by atoms with E-state index >= 15 is 0 Å². The lowest BCUT2D eigenvalue weighted by Gasteiger charge is -2.04. The van der Waals surface area contributed by atoms with Crippen molar-refractivity contribution in [3.8, 4) is 0 Å². The van der Waals surface area contributed by atoms with Crippen LogP contribution in [0.15, 0.2) is 12.7 Å². The number of alkyl halides is 1. The quantitative estimate of drug-likeness (QED) is 0.146. The molecule has 0 rings (SSSR count). The van der Waals surface area contributed by atoms with Crippen molar-refractivity contribution in [2.24, 2.45) is 0 Å². The first-order valence-corrected chi connectivity index (χ1v) is 11.7. The third kappa shape index (κ3) is 19.3. The van der Waals surface area contributed by atoms with Crippen molar-refractivity contribution >= 4 is 15.5 Å². The molecule has 0 heterocycles. The highest BCUT2D eigenvalue weighted by Gasteiger charge is 1.96. The summed E-state index contributed by atoms with van der Waals surface area (Å²) in [6.45, 7) is 3.90. The molecule has 0 aromatic heterocycles. The van der Waals surface area contributed by atoms with Gasteiger partial charge in [-0.2, -0.15) is 0 Å². The summed E-state index contributed by atoms with van der Waals surface area (Å²) in [6.07, 6.45) is 17.9. The Labute approximate surface area is 145 Å². The molecule has 0 saturated heterocycles. The molecule has 0 aliphatic carbocycles. The Morgan fingerprint density at radius 1 is 0.826 bits per heavy atom. The fourth-order valence-electron chi connectivity index (χ4n) is 2.73. The number of carbonyl (C=O) groups is 1. The van der Waals surface area contributed by atoms with E-state index in [4.69, 9.17) is 4.74 Å². The number of ether oxygens (including phenoxy) is 1. The van der Waals surface area contributed by atoms with E-state index in [1.165, 1.54) is 82.7 Å². The molecule has 23 heavy (non-hydrogen) atoms. The van der Waals surface area contributed by atoms with E-state index in [0.717, 1.165) is 12.8 Å². The molecule has 0 fully saturated rings. The van der Waals surface area contributed by atoms with Crippen LogP contribution in [0, 0.1) is 0 Å². The van der Waals surface area contributed by atoms with Gasteiger partial charge in [0.2, 0.25) is 0 Å². The Balaban J connectivity index is 3.00. The number of esters is 1. The second-order valence-corrected chi connectivity index (χ2v) is 8.16. The van der Waals surface area contributed by atoms with Gasteiger partial charge in [-0.25, -0.2) is 4.79 Å². The molecule has 2 nitrogen and oxygen atoms in total. The second kappa shape index (κ2) is 19.4. The number of carbonyl (C=O) groups excluding carboxylic acids is 1. The standard InChI is InChI=1S/C19H37FO2Si/c1-2-19(21)22-16-14-12-10-8-6-4-3-5-7-9-11-13-15-17-23-18-20/h2H,1,3-18,23H2. The van der Waals surface area contributed by atoms with Crippen LogP contribution < -0.4 is 0 Å². The zero-order valence-electron chi connectivity index (χ0n) is 15.0. The van der Waals surface area contributed by atoms with Crippen LogP contribution in [-0.4, -0.2) is 28.4 Å². The molecule has 0 spiro atoms. The van der Waals surface area contributed by atoms with Gasteiger partial charge in [0.05, 0.1) is 22.4 Å². The van der Waals surface area contributed by atoms with E-state index in [1.807, 2.05) is 0 Å². The molecule has 0 radical (unpaired) electrons. The van der Waals surface area contributed by atoms with Crippen LogP contribution in [0.4, 0.5) is 4.39 Å². The highest BCUT2D eigenvalue weighted by molar-refractivity contribution is 6.35. The smallest absolute Gasteiger partial charge is 0.330 e. The van der Waals surface area contributed by atoms with Crippen LogP contribution in [0.2, 0.25) is 6.04 Å². The van der Waals surface area contributed by atoms with Gasteiger partial charge in [0.15, 0.2) is 0 Å². The number of unbranched alkanes of at least 4 members (excludes halogenated alkanes) is 12. The molecule has 0 atom stereocenters. The Kier molecular flexibility index (Phi) is 18.9. The Bertz CT molecular complexity index is 272. The predicted octanol–water partition coefficient (Wildman–Crippen LogP) is 5.30. The fraction of sp³-hybridized carbons (Fsp3) is 0.842. The normalized spacial score (nSPS) is 11.2. The van der Waals surface area contributed by atoms with Crippen LogP contribution in [0.25, 0.3) is 0 Å². The van der Waals surface area contributed by atoms with Gasteiger partial charge >= 0.3 is 5.97 Å². The van der Waals surface area contributed by atoms with Gasteiger partial charge in [0.25, 0.3) is 0 Å². The summed E-state index contributed by atoms with van der Waals surface area (Å²) in [6, 6.07) is 1.20. The minimum atomic E-state index is -0.339. The molecule has 0 aliphatic rings. The SMILES string of the molecule is C=CC(=O)OCCCCCCCCCCCCCCC[SiH2]CF. The maximum Gasteiger partial charge on any atom is 0.330 e. The highest BCUT2D eigenvalue weighted by Crippen LogP contribution is 2.13. The number of hydrogen-bond donors (Lipinski definition) is 0. The molecule has 4 heteroatoms. The number of hydrogen-bond acceptors (Lipinski definition) is 2. The van der Waals surface area contributed by atoms with Gasteiger partial charge in [-0.05, 0) is 6.42 Å². The topological polar surface area (TPSA) is 26.3 Å². The van der Waals surface area contributed by atoms with Crippen molar-refractivity contribution in [2.45, 2.75) is 89.5 Å². The predicted molar refractivity (Wildman–Crippen MR) is 101 cm³/mol. The van der Waals surface area contributed by atoms with Crippen molar-refractivity contribution in [3.63, 3.8) is 0 Å². The second-order valence-electron chi connectivity index (χ2n) is 6.36. The third-order valence-electron chi connectivity index (χ3n) is 4.19. The largest absolute Gasteiger partial charge is 0.463 e. The Morgan fingerprint density at radius 3 is 1.70 bits per heavy atom. The lowest BCUT2D eigenvalue weighted by atomic mass is 10.0. The molecule has 0 N–H and O–H groups in total. The van der Waals surface area contributed by atoms with Crippen molar-refractivity contribution < 1.29 is 13.9 Å². The summed E-state index contributed by atoms with van der Waals surface area (Å²) in [4.78, 5) is 10.8. The molecular formula is C19H37FO2Si. The van der Waals surface area contributed by atoms with Gasteiger partial charge < -0.3 is 4.74 Å². The van der Waals surface area contributed by atoms with Gasteiger partial charge in [-0.15, -0.1) is 0 Å². The average Bonchev–Trinajstić information content (AvgIpc) is 2.57. The van der Waals surface area contributed by atoms with Crippen molar-refractivity contribution in [2.75, 3.05) is 12.9 Å². The summed E-state index contributed by atoms with van der Waals surface area (Å²) >= 11 is 0. The Morgan fingerprint density at radius 2 is 1.26 bits per heavy atom. The van der Waals surface area contributed by atoms with Gasteiger partial charge in [-0.1, -0.05) is 89.7 Å². The molecule has 0 aromatic carbocycles. The molecule has 0 saturated carbocycles. The van der Waals surface area contributed by atoms with E-state index in [-0.39, 0.29) is 21.8 Å². The molecule has 0 unspecified atom stereocenters. The first kappa shape index (κ1) is 22.4. The van der Waals surface area contributed by atoms with E-state index in [0.29, 0.717) is 6.61 Å². The monoisotopic (exact) mass is 344 g/mol. The van der Waals surface area contributed by atoms with Crippen LogP contribution in [0.3, 0.4) is 0 Å². The number of halogens is 1. The van der Waals surface area contributed by atoms with Crippen LogP contribution >= 0.6 is 0 Å². The molecular weight excluding hydrogens is 307 g/mol. The maximum atomic E-state index is 12.0. The van der Waals surface area contributed by atoms with Crippen molar-refractivity contribution in [3.05, 3.63) is 12.7 Å². The van der Waals surface area contributed by atoms with Gasteiger partial charge in [-0.3, -0.25) is 4.39 Å². The molecule has 0 aromatic rings. The minimum absolute atomic E-state index is 0.0111. The summed E-state index contributed by atoms with van der Waals surface area (Å²) in [5.41, 5.74) is 0. The zero-order chi connectivity index (χ0) is 17.0. The Hall–Kier alpha value is -0.643. The van der Waals surface area contributed by atoms with E-state index in [2.05, 4.69) is 6.58 Å². The van der Waals surface area contributed by atoms with E-state index < -0.39 is 0 Å². The summed E-state index contributed by atoms with van der Waals surface area (Å²) in [5, 5.41) is 0. The lowest BCUT2D eigenvalue weighted by Crippen LogP contribution is -2.01. The van der Waals surface area contributed by atoms with Gasteiger partial charge in [0, 0.05) is 6.08 Å². The zero-order valence-corrected chi connectivity index (χ0v) is 16.4. The molecule has 0 amide bonds. The molecule has 136 valence electrons. The third-order valence-corrected chi connectivity index (χ3v) is 5.46. The minimum Gasteiger partial charge on any atom is -0.463 e. The van der Waals surface area contributed by atoms with Crippen LogP contribution in [0.1, 0.15) is 83.5 Å². The number of rotatable bonds is 18. The lowest BCUT2D eigenvalue weighted by molar-refractivity contribution is -0.137. The van der Waals surface area contributed by atoms with Crippen molar-refractivity contribution in [1.82, 2.24) is 0 Å². The van der Waals surface area contributed by atoms with Crippen LogP contribution in [-0.2, 0) is 9.53 Å². The summed E-state index contributed by atoms with van der Waals surface area (Å²) in [7, 11) is -0.339. The fourth-order valence-corrected chi connectivity index (χ4v) is 3.62. The first-order chi connectivity index (χ1) is 11.3. The van der Waals surface area contributed by atoms with Gasteiger partial charge in [0.1, 0.15) is 0 Å². The summed E-state index contributed by atoms with van der Waals surface area (Å²) < 4.78 is 16.9. The molecule has 0 aliphatic heterocycles. The summed E-state index contributed by atoms with van der Waals surface area (Å²) in [5.74, 6) is -0.313.